The van der Waals surface area contributed by atoms with E-state index >= 15 is 0 Å². The minimum absolute atomic E-state index is 0.0287. The smallest absolute Gasteiger partial charge is 0.313 e. The molecule has 5 nitrogen and oxygen atoms in total. The Morgan fingerprint density at radius 3 is 2.60 bits per heavy atom. The molecule has 6 heteroatoms. The number of benzene rings is 1. The third-order valence-electron chi connectivity index (χ3n) is 2.60. The Hall–Kier alpha value is -2.21. The molecule has 0 bridgehead atoms. The molecule has 1 amide bonds. The van der Waals surface area contributed by atoms with Crippen LogP contribution in [-0.2, 0) is 20.7 Å². The number of hydrogen-bond acceptors (Lipinski definition) is 5. The van der Waals surface area contributed by atoms with E-state index in [0.29, 0.717) is 11.3 Å². The molecular formula is C14H14N2O3S. The average molecular weight is 290 g/mol. The molecule has 0 radical (unpaired) electrons. The summed E-state index contributed by atoms with van der Waals surface area (Å²) in [6.45, 7) is 1.86. The summed E-state index contributed by atoms with van der Waals surface area (Å²) in [7, 11) is 0. The summed E-state index contributed by atoms with van der Waals surface area (Å²) < 4.78 is 5.16. The molecule has 0 fully saturated rings. The van der Waals surface area contributed by atoms with Gasteiger partial charge in [0, 0.05) is 10.9 Å². The van der Waals surface area contributed by atoms with Gasteiger partial charge in [0.05, 0.1) is 17.1 Å². The fourth-order valence-corrected chi connectivity index (χ4v) is 2.34. The topological polar surface area (TPSA) is 82.3 Å². The molecule has 1 aromatic heterocycles. The molecule has 0 aliphatic heterocycles. The highest BCUT2D eigenvalue weighted by atomic mass is 32.1. The highest BCUT2D eigenvalue weighted by molar-refractivity contribution is 7.09. The van der Waals surface area contributed by atoms with Crippen LogP contribution in [0.3, 0.4) is 0 Å². The van der Waals surface area contributed by atoms with Gasteiger partial charge >= 0.3 is 5.97 Å². The van der Waals surface area contributed by atoms with Crippen molar-refractivity contribution in [3.8, 4) is 0 Å². The number of ether oxygens (including phenoxy) is 1. The van der Waals surface area contributed by atoms with Gasteiger partial charge in [-0.05, 0) is 6.92 Å². The number of nitrogens with two attached hydrogens (primary N) is 1. The number of aryl methyl sites for hydroxylation is 1. The highest BCUT2D eigenvalue weighted by Crippen LogP contribution is 2.18. The van der Waals surface area contributed by atoms with Crippen LogP contribution in [0.2, 0.25) is 0 Å². The Morgan fingerprint density at radius 1 is 1.35 bits per heavy atom. The van der Waals surface area contributed by atoms with Gasteiger partial charge < -0.3 is 10.5 Å². The number of nitrogens with zero attached hydrogens (tertiary/aromatic N) is 1. The second-order valence-corrected chi connectivity index (χ2v) is 5.28. The first kappa shape index (κ1) is 14.2. The maximum absolute atomic E-state index is 11.8. The lowest BCUT2D eigenvalue weighted by Gasteiger charge is -2.14. The quantitative estimate of drug-likeness (QED) is 0.851. The van der Waals surface area contributed by atoms with Crippen LogP contribution < -0.4 is 5.73 Å². The van der Waals surface area contributed by atoms with Gasteiger partial charge in [-0.15, -0.1) is 11.3 Å². The standard InChI is InChI=1S/C14H14N2O3S/c1-9-16-11(8-20-9)7-12(17)19-13(14(15)18)10-5-3-2-4-6-10/h2-6,8,13H,7H2,1H3,(H2,15,18)/t13-/m1/s1. The number of hydrogen-bond donors (Lipinski definition) is 1. The molecule has 2 rings (SSSR count). The molecule has 0 aliphatic carbocycles. The minimum atomic E-state index is -1.07. The molecule has 0 aliphatic rings. The van der Waals surface area contributed by atoms with Crippen molar-refractivity contribution in [2.45, 2.75) is 19.4 Å². The van der Waals surface area contributed by atoms with Gasteiger partial charge in [0.2, 0.25) is 6.10 Å². The molecule has 0 unspecified atom stereocenters. The van der Waals surface area contributed by atoms with E-state index in [0.717, 1.165) is 5.01 Å². The molecule has 1 heterocycles. The molecule has 2 N–H and O–H groups in total. The van der Waals surface area contributed by atoms with E-state index in [1.54, 1.807) is 35.7 Å². The summed E-state index contributed by atoms with van der Waals surface area (Å²) in [6.07, 6.45) is -1.04. The first-order valence-corrected chi connectivity index (χ1v) is 6.89. The third kappa shape index (κ3) is 3.64. The number of carbonyl (C=O) groups excluding carboxylic acids is 2. The van der Waals surface area contributed by atoms with Crippen LogP contribution in [0, 0.1) is 6.92 Å². The van der Waals surface area contributed by atoms with Crippen molar-refractivity contribution in [1.82, 2.24) is 4.98 Å². The molecule has 1 atom stereocenters. The van der Waals surface area contributed by atoms with Crippen molar-refractivity contribution in [1.29, 1.82) is 0 Å². The van der Waals surface area contributed by atoms with Crippen molar-refractivity contribution < 1.29 is 14.3 Å². The van der Waals surface area contributed by atoms with E-state index in [-0.39, 0.29) is 6.42 Å². The Balaban J connectivity index is 2.05. The molecular weight excluding hydrogens is 276 g/mol. The summed E-state index contributed by atoms with van der Waals surface area (Å²) in [4.78, 5) is 27.4. The van der Waals surface area contributed by atoms with Crippen LogP contribution in [0.5, 0.6) is 0 Å². The van der Waals surface area contributed by atoms with Gasteiger partial charge in [-0.1, -0.05) is 30.3 Å². The average Bonchev–Trinajstić information content (AvgIpc) is 2.82. The zero-order valence-corrected chi connectivity index (χ0v) is 11.7. The van der Waals surface area contributed by atoms with Crippen molar-refractivity contribution in [3.05, 3.63) is 52.0 Å². The van der Waals surface area contributed by atoms with Gasteiger partial charge in [-0.2, -0.15) is 0 Å². The Bertz CT molecular complexity index is 610. The number of amides is 1. The Kier molecular flexibility index (Phi) is 4.47. The number of primary amides is 1. The van der Waals surface area contributed by atoms with E-state index in [2.05, 4.69) is 4.98 Å². The van der Waals surface area contributed by atoms with E-state index < -0.39 is 18.0 Å². The Labute approximate surface area is 120 Å². The second kappa shape index (κ2) is 6.29. The number of thiazole rings is 1. The molecule has 2 aromatic rings. The van der Waals surface area contributed by atoms with E-state index in [1.807, 2.05) is 6.92 Å². The zero-order valence-electron chi connectivity index (χ0n) is 10.9. The number of esters is 1. The number of rotatable bonds is 5. The lowest BCUT2D eigenvalue weighted by molar-refractivity contribution is -0.154. The van der Waals surface area contributed by atoms with Crippen LogP contribution in [-0.4, -0.2) is 16.9 Å². The lowest BCUT2D eigenvalue weighted by atomic mass is 10.1. The van der Waals surface area contributed by atoms with Gasteiger partial charge in [0.15, 0.2) is 0 Å². The van der Waals surface area contributed by atoms with Crippen molar-refractivity contribution in [2.75, 3.05) is 0 Å². The van der Waals surface area contributed by atoms with Crippen LogP contribution in [0.25, 0.3) is 0 Å². The van der Waals surface area contributed by atoms with Crippen LogP contribution in [0.4, 0.5) is 0 Å². The summed E-state index contributed by atoms with van der Waals surface area (Å²) in [5, 5.41) is 2.67. The number of aromatic nitrogens is 1. The van der Waals surface area contributed by atoms with Crippen molar-refractivity contribution in [3.63, 3.8) is 0 Å². The van der Waals surface area contributed by atoms with Crippen LogP contribution >= 0.6 is 11.3 Å². The predicted octanol–water partition coefficient (Wildman–Crippen LogP) is 1.76. The summed E-state index contributed by atoms with van der Waals surface area (Å²) >= 11 is 1.46. The Morgan fingerprint density at radius 2 is 2.05 bits per heavy atom. The lowest BCUT2D eigenvalue weighted by Crippen LogP contribution is -2.26. The zero-order chi connectivity index (χ0) is 14.5. The highest BCUT2D eigenvalue weighted by Gasteiger charge is 2.22. The molecule has 0 saturated heterocycles. The van der Waals surface area contributed by atoms with E-state index in [9.17, 15) is 9.59 Å². The van der Waals surface area contributed by atoms with Gasteiger partial charge in [-0.25, -0.2) is 4.98 Å². The molecule has 20 heavy (non-hydrogen) atoms. The summed E-state index contributed by atoms with van der Waals surface area (Å²) in [5.74, 6) is -1.22. The number of carbonyl (C=O) groups is 2. The SMILES string of the molecule is Cc1nc(CC(=O)O[C@@H](C(N)=O)c2ccccc2)cs1. The molecule has 1 aromatic carbocycles. The first-order valence-electron chi connectivity index (χ1n) is 6.01. The van der Waals surface area contributed by atoms with Crippen molar-refractivity contribution >= 4 is 23.2 Å². The molecule has 104 valence electrons. The monoisotopic (exact) mass is 290 g/mol. The van der Waals surface area contributed by atoms with E-state index in [4.69, 9.17) is 10.5 Å². The maximum Gasteiger partial charge on any atom is 0.313 e. The second-order valence-electron chi connectivity index (χ2n) is 4.22. The fourth-order valence-electron chi connectivity index (χ4n) is 1.73. The predicted molar refractivity (Wildman–Crippen MR) is 75.0 cm³/mol. The summed E-state index contributed by atoms with van der Waals surface area (Å²) in [5.41, 5.74) is 6.48. The minimum Gasteiger partial charge on any atom is -0.447 e. The van der Waals surface area contributed by atoms with Gasteiger partial charge in [0.1, 0.15) is 0 Å². The molecule has 0 saturated carbocycles. The largest absolute Gasteiger partial charge is 0.447 e. The first-order chi connectivity index (χ1) is 9.56. The van der Waals surface area contributed by atoms with Crippen molar-refractivity contribution in [2.24, 2.45) is 5.73 Å². The molecule has 0 spiro atoms. The van der Waals surface area contributed by atoms with Gasteiger partial charge in [0.25, 0.3) is 5.91 Å². The van der Waals surface area contributed by atoms with Gasteiger partial charge in [-0.3, -0.25) is 9.59 Å². The van der Waals surface area contributed by atoms with Crippen LogP contribution in [0.1, 0.15) is 22.4 Å². The normalized spacial score (nSPS) is 11.8. The third-order valence-corrected chi connectivity index (χ3v) is 3.42. The fraction of sp³-hybridized carbons (Fsp3) is 0.214. The summed E-state index contributed by atoms with van der Waals surface area (Å²) in [6, 6.07) is 8.69. The van der Waals surface area contributed by atoms with Crippen LogP contribution in [0.15, 0.2) is 35.7 Å². The van der Waals surface area contributed by atoms with E-state index in [1.165, 1.54) is 11.3 Å². The maximum atomic E-state index is 11.8.